The standard InChI is InChI=1S/C25H19IN2O2/c26-23-11-5-19(6-12-23)17-30-24-13-7-18(8-14-24)16-27-28-25(29)22-10-9-20-3-1-2-4-21(20)15-22/h1-16H,17H2,(H,28,29)/b27-16-. The van der Waals surface area contributed by atoms with Crippen LogP contribution in [0.2, 0.25) is 0 Å². The van der Waals surface area contributed by atoms with Crippen molar-refractivity contribution < 1.29 is 9.53 Å². The molecule has 0 fully saturated rings. The summed E-state index contributed by atoms with van der Waals surface area (Å²) < 4.78 is 7.01. The molecule has 148 valence electrons. The second kappa shape index (κ2) is 9.54. The molecule has 0 saturated carbocycles. The molecule has 0 aliphatic carbocycles. The van der Waals surface area contributed by atoms with E-state index in [0.717, 1.165) is 27.6 Å². The summed E-state index contributed by atoms with van der Waals surface area (Å²) in [6, 6.07) is 29.3. The van der Waals surface area contributed by atoms with Gasteiger partial charge in [0.25, 0.3) is 5.91 Å². The summed E-state index contributed by atoms with van der Waals surface area (Å²) in [5.74, 6) is 0.542. The zero-order valence-electron chi connectivity index (χ0n) is 16.1. The molecule has 0 bridgehead atoms. The van der Waals surface area contributed by atoms with Crippen molar-refractivity contribution >= 4 is 45.5 Å². The number of fused-ring (bicyclic) bond motifs is 1. The molecule has 1 amide bonds. The molecule has 0 saturated heterocycles. The van der Waals surface area contributed by atoms with Crippen LogP contribution in [0.3, 0.4) is 0 Å². The van der Waals surface area contributed by atoms with Crippen LogP contribution in [0.5, 0.6) is 5.75 Å². The number of rotatable bonds is 6. The lowest BCUT2D eigenvalue weighted by Gasteiger charge is -2.06. The highest BCUT2D eigenvalue weighted by molar-refractivity contribution is 14.1. The van der Waals surface area contributed by atoms with Gasteiger partial charge in [-0.15, -0.1) is 0 Å². The van der Waals surface area contributed by atoms with Crippen LogP contribution < -0.4 is 10.2 Å². The van der Waals surface area contributed by atoms with Crippen molar-refractivity contribution in [3.8, 4) is 5.75 Å². The number of amides is 1. The van der Waals surface area contributed by atoms with E-state index in [1.807, 2.05) is 60.7 Å². The van der Waals surface area contributed by atoms with Gasteiger partial charge in [0.15, 0.2) is 0 Å². The van der Waals surface area contributed by atoms with E-state index in [9.17, 15) is 4.79 Å². The van der Waals surface area contributed by atoms with Crippen LogP contribution in [-0.4, -0.2) is 12.1 Å². The van der Waals surface area contributed by atoms with Gasteiger partial charge < -0.3 is 4.74 Å². The van der Waals surface area contributed by atoms with Gasteiger partial charge >= 0.3 is 0 Å². The van der Waals surface area contributed by atoms with Gasteiger partial charge in [0.1, 0.15) is 12.4 Å². The van der Waals surface area contributed by atoms with Crippen molar-refractivity contribution in [2.24, 2.45) is 5.10 Å². The number of carbonyl (C=O) groups excluding carboxylic acids is 1. The molecule has 0 unspecified atom stereocenters. The highest BCUT2D eigenvalue weighted by Crippen LogP contribution is 2.16. The minimum atomic E-state index is -0.241. The van der Waals surface area contributed by atoms with Crippen molar-refractivity contribution in [1.29, 1.82) is 0 Å². The predicted molar refractivity (Wildman–Crippen MR) is 129 cm³/mol. The number of halogens is 1. The van der Waals surface area contributed by atoms with E-state index >= 15 is 0 Å². The molecule has 4 aromatic rings. The fourth-order valence-corrected chi connectivity index (χ4v) is 3.32. The van der Waals surface area contributed by atoms with Gasteiger partial charge in [0.2, 0.25) is 0 Å². The Labute approximate surface area is 188 Å². The average molecular weight is 506 g/mol. The summed E-state index contributed by atoms with van der Waals surface area (Å²) >= 11 is 2.28. The summed E-state index contributed by atoms with van der Waals surface area (Å²) in [5.41, 5.74) is 5.14. The average Bonchev–Trinajstić information content (AvgIpc) is 2.79. The third kappa shape index (κ3) is 5.24. The smallest absolute Gasteiger partial charge is 0.271 e. The van der Waals surface area contributed by atoms with E-state index in [2.05, 4.69) is 57.4 Å². The number of benzene rings is 4. The number of nitrogens with zero attached hydrogens (tertiary/aromatic N) is 1. The Hall–Kier alpha value is -3.19. The van der Waals surface area contributed by atoms with Crippen molar-refractivity contribution in [2.75, 3.05) is 0 Å². The number of carbonyl (C=O) groups is 1. The van der Waals surface area contributed by atoms with Gasteiger partial charge in [-0.2, -0.15) is 5.10 Å². The van der Waals surface area contributed by atoms with Crippen LogP contribution in [0.1, 0.15) is 21.5 Å². The SMILES string of the molecule is O=C(N/N=C\c1ccc(OCc2ccc(I)cc2)cc1)c1ccc2ccccc2c1. The monoisotopic (exact) mass is 506 g/mol. The molecule has 1 N–H and O–H groups in total. The Morgan fingerprint density at radius 3 is 2.40 bits per heavy atom. The van der Waals surface area contributed by atoms with Gasteiger partial charge in [0.05, 0.1) is 6.21 Å². The predicted octanol–water partition coefficient (Wildman–Crippen LogP) is 5.79. The molecular formula is C25H19IN2O2. The van der Waals surface area contributed by atoms with E-state index in [1.165, 1.54) is 3.57 Å². The molecule has 4 nitrogen and oxygen atoms in total. The third-order valence-electron chi connectivity index (χ3n) is 4.59. The first kappa shape index (κ1) is 20.1. The first-order valence-corrected chi connectivity index (χ1v) is 10.5. The van der Waals surface area contributed by atoms with E-state index in [1.54, 1.807) is 12.3 Å². The first-order chi connectivity index (χ1) is 14.7. The summed E-state index contributed by atoms with van der Waals surface area (Å²) in [7, 11) is 0. The quantitative estimate of drug-likeness (QED) is 0.205. The maximum Gasteiger partial charge on any atom is 0.271 e. The zero-order valence-corrected chi connectivity index (χ0v) is 18.2. The van der Waals surface area contributed by atoms with Crippen molar-refractivity contribution in [3.05, 3.63) is 111 Å². The number of hydrogen-bond acceptors (Lipinski definition) is 3. The van der Waals surface area contributed by atoms with Gasteiger partial charge in [-0.25, -0.2) is 5.43 Å². The maximum atomic E-state index is 12.3. The molecule has 0 atom stereocenters. The fraction of sp³-hybridized carbons (Fsp3) is 0.0400. The number of hydrazone groups is 1. The van der Waals surface area contributed by atoms with Gasteiger partial charge in [-0.05, 0) is 93.0 Å². The lowest BCUT2D eigenvalue weighted by molar-refractivity contribution is 0.0955. The van der Waals surface area contributed by atoms with Gasteiger partial charge in [-0.3, -0.25) is 4.79 Å². The third-order valence-corrected chi connectivity index (χ3v) is 5.31. The molecule has 0 aliphatic heterocycles. The van der Waals surface area contributed by atoms with Gasteiger partial charge in [0, 0.05) is 9.13 Å². The van der Waals surface area contributed by atoms with Crippen LogP contribution in [-0.2, 0) is 6.61 Å². The van der Waals surface area contributed by atoms with Crippen LogP contribution in [0.4, 0.5) is 0 Å². The maximum absolute atomic E-state index is 12.3. The minimum absolute atomic E-state index is 0.241. The topological polar surface area (TPSA) is 50.7 Å². The number of ether oxygens (including phenoxy) is 1. The fourth-order valence-electron chi connectivity index (χ4n) is 2.96. The van der Waals surface area contributed by atoms with Crippen LogP contribution in [0.15, 0.2) is 96.1 Å². The van der Waals surface area contributed by atoms with E-state index < -0.39 is 0 Å². The van der Waals surface area contributed by atoms with Gasteiger partial charge in [-0.1, -0.05) is 42.5 Å². The van der Waals surface area contributed by atoms with Crippen molar-refractivity contribution in [3.63, 3.8) is 0 Å². The van der Waals surface area contributed by atoms with E-state index in [4.69, 9.17) is 4.74 Å². The second-order valence-corrected chi connectivity index (χ2v) is 7.99. The highest BCUT2D eigenvalue weighted by atomic mass is 127. The van der Waals surface area contributed by atoms with Crippen LogP contribution >= 0.6 is 22.6 Å². The molecule has 5 heteroatoms. The molecule has 0 aliphatic rings. The molecule has 0 aromatic heterocycles. The lowest BCUT2D eigenvalue weighted by atomic mass is 10.1. The Kier molecular flexibility index (Phi) is 6.39. The molecule has 0 heterocycles. The Morgan fingerprint density at radius 1 is 0.900 bits per heavy atom. The summed E-state index contributed by atoms with van der Waals surface area (Å²) in [6.07, 6.45) is 1.61. The lowest BCUT2D eigenvalue weighted by Crippen LogP contribution is -2.17. The molecular weight excluding hydrogens is 487 g/mol. The second-order valence-electron chi connectivity index (χ2n) is 6.75. The molecule has 0 spiro atoms. The molecule has 4 rings (SSSR count). The summed E-state index contributed by atoms with van der Waals surface area (Å²) in [5, 5.41) is 6.19. The molecule has 0 radical (unpaired) electrons. The Morgan fingerprint density at radius 2 is 1.63 bits per heavy atom. The summed E-state index contributed by atoms with van der Waals surface area (Å²) in [6.45, 7) is 0.520. The van der Waals surface area contributed by atoms with Crippen LogP contribution in [0.25, 0.3) is 10.8 Å². The first-order valence-electron chi connectivity index (χ1n) is 9.47. The van der Waals surface area contributed by atoms with E-state index in [-0.39, 0.29) is 5.91 Å². The highest BCUT2D eigenvalue weighted by Gasteiger charge is 2.05. The minimum Gasteiger partial charge on any atom is -0.489 e. The molecule has 30 heavy (non-hydrogen) atoms. The van der Waals surface area contributed by atoms with Crippen molar-refractivity contribution in [1.82, 2.24) is 5.43 Å². The number of hydrogen-bond donors (Lipinski definition) is 1. The summed E-state index contributed by atoms with van der Waals surface area (Å²) in [4.78, 5) is 12.3. The Bertz CT molecular complexity index is 1190. The van der Waals surface area contributed by atoms with Crippen LogP contribution in [0, 0.1) is 3.57 Å². The normalized spacial score (nSPS) is 11.0. The Balaban J connectivity index is 1.32. The van der Waals surface area contributed by atoms with Crippen molar-refractivity contribution in [2.45, 2.75) is 6.61 Å². The molecule has 4 aromatic carbocycles. The number of nitrogens with one attached hydrogen (secondary N) is 1. The van der Waals surface area contributed by atoms with E-state index in [0.29, 0.717) is 12.2 Å². The zero-order chi connectivity index (χ0) is 20.8. The largest absolute Gasteiger partial charge is 0.489 e.